The Kier molecular flexibility index (Phi) is 4.17. The fraction of sp³-hybridized carbons (Fsp3) is 0.238. The number of pyridine rings is 1. The van der Waals surface area contributed by atoms with E-state index in [2.05, 4.69) is 21.7 Å². The molecule has 0 saturated heterocycles. The molecule has 0 radical (unpaired) electrons. The van der Waals surface area contributed by atoms with Crippen LogP contribution in [0.2, 0.25) is 5.15 Å². The number of nitrogens with zero attached hydrogens (tertiary/aromatic N) is 3. The van der Waals surface area contributed by atoms with Crippen LogP contribution < -0.4 is 0 Å². The summed E-state index contributed by atoms with van der Waals surface area (Å²) in [7, 11) is 0. The maximum Gasteiger partial charge on any atom is 0.157 e. The predicted octanol–water partition coefficient (Wildman–Crippen LogP) is 4.56. The summed E-state index contributed by atoms with van der Waals surface area (Å²) in [5.74, 6) is 0.866. The smallest absolute Gasteiger partial charge is 0.157 e. The number of benzene rings is 2. The minimum absolute atomic E-state index is 0.00544. The lowest BCUT2D eigenvalue weighted by atomic mass is 10.0. The lowest BCUT2D eigenvalue weighted by molar-refractivity contribution is 0.165. The Morgan fingerprint density at radius 3 is 2.42 bits per heavy atom. The molecule has 2 heterocycles. The van der Waals surface area contributed by atoms with Gasteiger partial charge in [-0.2, -0.15) is 0 Å². The summed E-state index contributed by atoms with van der Waals surface area (Å²) in [6, 6.07) is 18.1. The normalized spacial score (nSPS) is 12.2. The Bertz CT molecular complexity index is 1090. The first-order valence-corrected chi connectivity index (χ1v) is 9.00. The third-order valence-electron chi connectivity index (χ3n) is 4.72. The van der Waals surface area contributed by atoms with Crippen molar-refractivity contribution in [3.8, 4) is 0 Å². The molecule has 26 heavy (non-hydrogen) atoms. The molecule has 0 fully saturated rings. The number of hydrogen-bond donors (Lipinski definition) is 1. The van der Waals surface area contributed by atoms with Crippen LogP contribution >= 0.6 is 11.6 Å². The van der Waals surface area contributed by atoms with E-state index >= 15 is 0 Å². The highest BCUT2D eigenvalue weighted by Gasteiger charge is 2.28. The molecule has 0 aliphatic heterocycles. The van der Waals surface area contributed by atoms with Gasteiger partial charge in [0, 0.05) is 11.8 Å². The molecule has 1 N–H and O–H groups in total. The number of aromatic nitrogens is 3. The van der Waals surface area contributed by atoms with E-state index in [0.29, 0.717) is 17.1 Å². The molecular weight excluding hydrogens is 346 g/mol. The number of para-hydroxylation sites is 1. The second kappa shape index (κ2) is 6.38. The SMILES string of the molecule is CC(C)(CO)n1c(Cc2ccccc2)nc2c(Cl)nc3ccccc3c21. The molecule has 0 atom stereocenters. The van der Waals surface area contributed by atoms with Crippen molar-refractivity contribution in [1.82, 2.24) is 14.5 Å². The molecule has 0 aliphatic carbocycles. The van der Waals surface area contributed by atoms with Crippen molar-refractivity contribution < 1.29 is 5.11 Å². The van der Waals surface area contributed by atoms with E-state index in [1.165, 1.54) is 0 Å². The van der Waals surface area contributed by atoms with E-state index in [-0.39, 0.29) is 6.61 Å². The van der Waals surface area contributed by atoms with Gasteiger partial charge in [-0.15, -0.1) is 0 Å². The Hall–Kier alpha value is -2.43. The van der Waals surface area contributed by atoms with Crippen molar-refractivity contribution in [3.63, 3.8) is 0 Å². The fourth-order valence-electron chi connectivity index (χ4n) is 3.41. The zero-order valence-electron chi connectivity index (χ0n) is 14.8. The Labute approximate surface area is 157 Å². The van der Waals surface area contributed by atoms with E-state index in [9.17, 15) is 5.11 Å². The summed E-state index contributed by atoms with van der Waals surface area (Å²) in [4.78, 5) is 9.33. The van der Waals surface area contributed by atoms with Gasteiger partial charge >= 0.3 is 0 Å². The van der Waals surface area contributed by atoms with Gasteiger partial charge in [-0.3, -0.25) is 0 Å². The number of imidazole rings is 1. The summed E-state index contributed by atoms with van der Waals surface area (Å²) < 4.78 is 2.12. The van der Waals surface area contributed by atoms with Crippen LogP contribution in [-0.2, 0) is 12.0 Å². The standard InChI is InChI=1S/C21H20ClN3O/c1-21(2,13-26)25-17(12-14-8-4-3-5-9-14)24-18-19(25)15-10-6-7-11-16(15)23-20(18)22/h3-11,26H,12-13H2,1-2H3. The number of aliphatic hydroxyl groups excluding tert-OH is 1. The molecule has 5 heteroatoms. The number of rotatable bonds is 4. The molecule has 0 saturated carbocycles. The molecular formula is C21H20ClN3O. The molecule has 2 aromatic carbocycles. The fourth-order valence-corrected chi connectivity index (χ4v) is 3.63. The van der Waals surface area contributed by atoms with Crippen LogP contribution in [0.3, 0.4) is 0 Å². The predicted molar refractivity (Wildman–Crippen MR) is 106 cm³/mol. The molecule has 0 aliphatic rings. The van der Waals surface area contributed by atoms with Gasteiger partial charge in [-0.1, -0.05) is 60.1 Å². The van der Waals surface area contributed by atoms with E-state index in [4.69, 9.17) is 16.6 Å². The van der Waals surface area contributed by atoms with Crippen LogP contribution in [-0.4, -0.2) is 26.2 Å². The lowest BCUT2D eigenvalue weighted by Crippen LogP contribution is -2.32. The summed E-state index contributed by atoms with van der Waals surface area (Å²) in [6.45, 7) is 4.01. The van der Waals surface area contributed by atoms with Gasteiger partial charge in [0.1, 0.15) is 11.3 Å². The van der Waals surface area contributed by atoms with Crippen LogP contribution in [0.25, 0.3) is 21.9 Å². The van der Waals surface area contributed by atoms with Gasteiger partial charge in [0.15, 0.2) is 5.15 Å². The Morgan fingerprint density at radius 2 is 1.69 bits per heavy atom. The zero-order chi connectivity index (χ0) is 18.3. The van der Waals surface area contributed by atoms with E-state index in [1.54, 1.807) is 0 Å². The van der Waals surface area contributed by atoms with Crippen molar-refractivity contribution in [3.05, 3.63) is 71.1 Å². The topological polar surface area (TPSA) is 50.9 Å². The maximum absolute atomic E-state index is 10.1. The van der Waals surface area contributed by atoms with Crippen molar-refractivity contribution in [2.75, 3.05) is 6.61 Å². The van der Waals surface area contributed by atoms with Crippen molar-refractivity contribution >= 4 is 33.5 Å². The molecule has 4 rings (SSSR count). The summed E-state index contributed by atoms with van der Waals surface area (Å²) in [5, 5.41) is 11.4. The van der Waals surface area contributed by atoms with E-state index in [1.807, 2.05) is 56.3 Å². The largest absolute Gasteiger partial charge is 0.394 e. The number of aliphatic hydroxyl groups is 1. The van der Waals surface area contributed by atoms with Gasteiger partial charge < -0.3 is 9.67 Å². The van der Waals surface area contributed by atoms with Gasteiger partial charge in [0.2, 0.25) is 0 Å². The van der Waals surface area contributed by atoms with Crippen molar-refractivity contribution in [2.24, 2.45) is 0 Å². The third-order valence-corrected chi connectivity index (χ3v) is 4.98. The second-order valence-electron chi connectivity index (χ2n) is 7.11. The van der Waals surface area contributed by atoms with Crippen LogP contribution in [0, 0.1) is 0 Å². The quantitative estimate of drug-likeness (QED) is 0.539. The van der Waals surface area contributed by atoms with Gasteiger partial charge in [0.25, 0.3) is 0 Å². The Balaban J connectivity index is 2.07. The lowest BCUT2D eigenvalue weighted by Gasteiger charge is -2.27. The highest BCUT2D eigenvalue weighted by molar-refractivity contribution is 6.35. The van der Waals surface area contributed by atoms with Crippen LogP contribution in [0.1, 0.15) is 25.2 Å². The molecule has 2 aromatic heterocycles. The highest BCUT2D eigenvalue weighted by atomic mass is 35.5. The monoisotopic (exact) mass is 365 g/mol. The first kappa shape index (κ1) is 17.0. The van der Waals surface area contributed by atoms with Crippen LogP contribution in [0.4, 0.5) is 0 Å². The van der Waals surface area contributed by atoms with Crippen LogP contribution in [0.5, 0.6) is 0 Å². The summed E-state index contributed by atoms with van der Waals surface area (Å²) in [6.07, 6.45) is 0.656. The molecule has 0 unspecified atom stereocenters. The first-order valence-electron chi connectivity index (χ1n) is 8.62. The van der Waals surface area contributed by atoms with Gasteiger partial charge in [0.05, 0.1) is 23.2 Å². The molecule has 4 nitrogen and oxygen atoms in total. The summed E-state index contributed by atoms with van der Waals surface area (Å²) >= 11 is 6.47. The van der Waals surface area contributed by atoms with Crippen molar-refractivity contribution in [2.45, 2.75) is 25.8 Å². The van der Waals surface area contributed by atoms with Crippen molar-refractivity contribution in [1.29, 1.82) is 0 Å². The molecule has 0 amide bonds. The third kappa shape index (κ3) is 2.75. The van der Waals surface area contributed by atoms with Crippen LogP contribution in [0.15, 0.2) is 54.6 Å². The van der Waals surface area contributed by atoms with E-state index in [0.717, 1.165) is 27.8 Å². The number of fused-ring (bicyclic) bond motifs is 3. The van der Waals surface area contributed by atoms with Gasteiger partial charge in [-0.25, -0.2) is 9.97 Å². The van der Waals surface area contributed by atoms with Gasteiger partial charge in [-0.05, 0) is 25.5 Å². The minimum atomic E-state index is -0.522. The number of hydrogen-bond acceptors (Lipinski definition) is 3. The average molecular weight is 366 g/mol. The second-order valence-corrected chi connectivity index (χ2v) is 7.47. The number of halogens is 1. The minimum Gasteiger partial charge on any atom is -0.394 e. The molecule has 0 spiro atoms. The zero-order valence-corrected chi connectivity index (χ0v) is 15.5. The average Bonchev–Trinajstić information content (AvgIpc) is 3.03. The van der Waals surface area contributed by atoms with E-state index < -0.39 is 5.54 Å². The molecule has 132 valence electrons. The maximum atomic E-state index is 10.1. The Morgan fingerprint density at radius 1 is 1.00 bits per heavy atom. The summed E-state index contributed by atoms with van der Waals surface area (Å²) in [5.41, 5.74) is 3.06. The first-order chi connectivity index (χ1) is 12.5. The highest BCUT2D eigenvalue weighted by Crippen LogP contribution is 2.34. The molecule has 4 aromatic rings. The molecule has 0 bridgehead atoms.